The molecule has 0 radical (unpaired) electrons. The Morgan fingerprint density at radius 2 is 1.71 bits per heavy atom. The zero-order chi connectivity index (χ0) is 11.2. The highest BCUT2D eigenvalue weighted by molar-refractivity contribution is 7.87. The maximum Gasteiger partial charge on any atom is 0.329 e. The summed E-state index contributed by atoms with van der Waals surface area (Å²) in [6, 6.07) is -0.695. The van der Waals surface area contributed by atoms with E-state index in [4.69, 9.17) is 0 Å². The number of carbonyl (C=O) groups excluding carboxylic acids is 1. The number of rotatable bonds is 5. The van der Waals surface area contributed by atoms with Gasteiger partial charge < -0.3 is 5.32 Å². The molecule has 0 spiro atoms. The van der Waals surface area contributed by atoms with Crippen LogP contribution in [0.2, 0.25) is 0 Å². The molecule has 0 aromatic heterocycles. The van der Waals surface area contributed by atoms with Gasteiger partial charge in [-0.1, -0.05) is 13.8 Å². The molecule has 14 heavy (non-hydrogen) atoms. The van der Waals surface area contributed by atoms with Crippen LogP contribution in [0.15, 0.2) is 0 Å². The molecule has 0 aromatic rings. The van der Waals surface area contributed by atoms with E-state index in [1.54, 1.807) is 20.8 Å². The molecular weight excluding hydrogens is 206 g/mol. The van der Waals surface area contributed by atoms with E-state index in [0.29, 0.717) is 19.6 Å². The summed E-state index contributed by atoms with van der Waals surface area (Å²) in [7, 11) is -3.67. The van der Waals surface area contributed by atoms with Gasteiger partial charge in [0, 0.05) is 19.6 Å². The quantitative estimate of drug-likeness (QED) is 0.682. The molecule has 0 atom stereocenters. The van der Waals surface area contributed by atoms with Crippen LogP contribution in [-0.4, -0.2) is 38.4 Å². The molecule has 6 nitrogen and oxygen atoms in total. The van der Waals surface area contributed by atoms with Crippen molar-refractivity contribution in [1.82, 2.24) is 14.3 Å². The summed E-state index contributed by atoms with van der Waals surface area (Å²) in [5, 5.41) is 2.35. The van der Waals surface area contributed by atoms with Gasteiger partial charge in [0.15, 0.2) is 0 Å². The van der Waals surface area contributed by atoms with Gasteiger partial charge in [-0.3, -0.25) is 0 Å². The first-order valence-corrected chi connectivity index (χ1v) is 5.97. The van der Waals surface area contributed by atoms with Crippen molar-refractivity contribution in [2.45, 2.75) is 20.8 Å². The van der Waals surface area contributed by atoms with Crippen molar-refractivity contribution in [3.8, 4) is 0 Å². The Labute approximate surface area is 84.8 Å². The number of urea groups is 1. The molecule has 0 aliphatic heterocycles. The van der Waals surface area contributed by atoms with Gasteiger partial charge >= 0.3 is 16.2 Å². The van der Waals surface area contributed by atoms with Crippen LogP contribution < -0.4 is 10.0 Å². The molecule has 0 fully saturated rings. The fourth-order valence-corrected chi connectivity index (χ4v) is 2.06. The van der Waals surface area contributed by atoms with E-state index in [-0.39, 0.29) is 0 Å². The van der Waals surface area contributed by atoms with Crippen molar-refractivity contribution in [1.29, 1.82) is 0 Å². The van der Waals surface area contributed by atoms with Gasteiger partial charge in [0.2, 0.25) is 0 Å². The number of amides is 2. The molecule has 0 aromatic carbocycles. The first kappa shape index (κ1) is 13.2. The minimum absolute atomic E-state index is 0.339. The minimum Gasteiger partial charge on any atom is -0.338 e. The lowest BCUT2D eigenvalue weighted by Crippen LogP contribution is -2.47. The monoisotopic (exact) mass is 223 g/mol. The lowest BCUT2D eigenvalue weighted by molar-refractivity contribution is 0.245. The average Bonchev–Trinajstić information content (AvgIpc) is 2.04. The number of carbonyl (C=O) groups is 1. The molecule has 0 aliphatic rings. The van der Waals surface area contributed by atoms with E-state index in [2.05, 4.69) is 5.32 Å². The highest BCUT2D eigenvalue weighted by Gasteiger charge is 2.20. The predicted octanol–water partition coefficient (Wildman–Crippen LogP) is -0.108. The van der Waals surface area contributed by atoms with Crippen LogP contribution in [0.1, 0.15) is 20.8 Å². The van der Waals surface area contributed by atoms with Crippen LogP contribution in [0, 0.1) is 0 Å². The van der Waals surface area contributed by atoms with E-state index < -0.39 is 16.2 Å². The maximum atomic E-state index is 11.4. The Kier molecular flexibility index (Phi) is 5.47. The van der Waals surface area contributed by atoms with Gasteiger partial charge in [-0.2, -0.15) is 12.7 Å². The van der Waals surface area contributed by atoms with E-state index in [1.807, 2.05) is 4.72 Å². The highest BCUT2D eigenvalue weighted by atomic mass is 32.2. The van der Waals surface area contributed by atoms with Crippen molar-refractivity contribution in [2.24, 2.45) is 0 Å². The second-order valence-corrected chi connectivity index (χ2v) is 4.22. The van der Waals surface area contributed by atoms with Crippen molar-refractivity contribution in [2.75, 3.05) is 19.6 Å². The normalized spacial score (nSPS) is 11.4. The van der Waals surface area contributed by atoms with E-state index in [0.717, 1.165) is 0 Å². The Morgan fingerprint density at radius 1 is 1.21 bits per heavy atom. The molecule has 0 saturated carbocycles. The summed E-state index contributed by atoms with van der Waals surface area (Å²) >= 11 is 0. The van der Waals surface area contributed by atoms with Crippen molar-refractivity contribution >= 4 is 16.2 Å². The van der Waals surface area contributed by atoms with Gasteiger partial charge in [-0.25, -0.2) is 9.52 Å². The summed E-state index contributed by atoms with van der Waals surface area (Å²) < 4.78 is 25.9. The Bertz CT molecular complexity index is 272. The Morgan fingerprint density at radius 3 is 2.07 bits per heavy atom. The predicted molar refractivity (Wildman–Crippen MR) is 54.0 cm³/mol. The van der Waals surface area contributed by atoms with Crippen LogP contribution >= 0.6 is 0 Å². The number of nitrogens with zero attached hydrogens (tertiary/aromatic N) is 1. The number of hydrogen-bond acceptors (Lipinski definition) is 3. The van der Waals surface area contributed by atoms with Crippen molar-refractivity contribution in [3.63, 3.8) is 0 Å². The second kappa shape index (κ2) is 5.82. The van der Waals surface area contributed by atoms with Crippen molar-refractivity contribution < 1.29 is 13.2 Å². The molecule has 0 bridgehead atoms. The highest BCUT2D eigenvalue weighted by Crippen LogP contribution is 1.95. The van der Waals surface area contributed by atoms with Crippen LogP contribution in [0.4, 0.5) is 4.79 Å². The third kappa shape index (κ3) is 3.93. The smallest absolute Gasteiger partial charge is 0.329 e. The van der Waals surface area contributed by atoms with Gasteiger partial charge in [-0.15, -0.1) is 0 Å². The van der Waals surface area contributed by atoms with Crippen LogP contribution in [0.5, 0.6) is 0 Å². The number of hydrogen-bond donors (Lipinski definition) is 2. The van der Waals surface area contributed by atoms with E-state index in [1.165, 1.54) is 4.31 Å². The lowest BCUT2D eigenvalue weighted by Gasteiger charge is -2.18. The zero-order valence-electron chi connectivity index (χ0n) is 8.70. The third-order valence-corrected chi connectivity index (χ3v) is 3.24. The average molecular weight is 223 g/mol. The van der Waals surface area contributed by atoms with E-state index in [9.17, 15) is 13.2 Å². The molecule has 0 heterocycles. The summed E-state index contributed by atoms with van der Waals surface area (Å²) in [6.07, 6.45) is 0. The first-order valence-electron chi connectivity index (χ1n) is 4.53. The zero-order valence-corrected chi connectivity index (χ0v) is 9.52. The topological polar surface area (TPSA) is 78.5 Å². The molecule has 7 heteroatoms. The number of nitrogens with one attached hydrogen (secondary N) is 2. The standard InChI is InChI=1S/C7H17N3O3S/c1-4-8-7(11)9-14(12,13)10(5-2)6-3/h4-6H2,1-3H3,(H2,8,9,11). The second-order valence-electron chi connectivity index (χ2n) is 2.55. The van der Waals surface area contributed by atoms with Crippen LogP contribution in [0.3, 0.4) is 0 Å². The lowest BCUT2D eigenvalue weighted by atomic mass is 10.7. The summed E-state index contributed by atoms with van der Waals surface area (Å²) in [4.78, 5) is 11.0. The minimum atomic E-state index is -3.67. The third-order valence-electron chi connectivity index (χ3n) is 1.60. The molecule has 2 N–H and O–H groups in total. The Hall–Kier alpha value is -0.820. The SMILES string of the molecule is CCNC(=O)NS(=O)(=O)N(CC)CC. The van der Waals surface area contributed by atoms with Gasteiger partial charge in [0.25, 0.3) is 0 Å². The summed E-state index contributed by atoms with van der Waals surface area (Å²) in [6.45, 7) is 6.20. The van der Waals surface area contributed by atoms with Crippen molar-refractivity contribution in [3.05, 3.63) is 0 Å². The van der Waals surface area contributed by atoms with Gasteiger partial charge in [0.1, 0.15) is 0 Å². The molecule has 0 saturated heterocycles. The fraction of sp³-hybridized carbons (Fsp3) is 0.857. The molecule has 0 rings (SSSR count). The maximum absolute atomic E-state index is 11.4. The van der Waals surface area contributed by atoms with E-state index >= 15 is 0 Å². The molecule has 0 aliphatic carbocycles. The summed E-state index contributed by atoms with van der Waals surface area (Å²) in [5.74, 6) is 0. The van der Waals surface area contributed by atoms with Crippen LogP contribution in [0.25, 0.3) is 0 Å². The fourth-order valence-electron chi connectivity index (χ4n) is 0.942. The first-order chi connectivity index (χ1) is 6.47. The molecule has 2 amide bonds. The molecule has 0 unspecified atom stereocenters. The van der Waals surface area contributed by atoms with Crippen LogP contribution in [-0.2, 0) is 10.2 Å². The summed E-state index contributed by atoms with van der Waals surface area (Å²) in [5.41, 5.74) is 0. The Balaban J connectivity index is 4.40. The molecular formula is C7H17N3O3S. The van der Waals surface area contributed by atoms with Gasteiger partial charge in [0.05, 0.1) is 0 Å². The largest absolute Gasteiger partial charge is 0.338 e. The molecule has 84 valence electrons. The van der Waals surface area contributed by atoms with Gasteiger partial charge in [-0.05, 0) is 6.92 Å².